The van der Waals surface area contributed by atoms with Crippen molar-refractivity contribution in [2.24, 2.45) is 0 Å². The van der Waals surface area contributed by atoms with Crippen molar-refractivity contribution in [3.05, 3.63) is 72.1 Å². The van der Waals surface area contributed by atoms with Crippen LogP contribution in [0.15, 0.2) is 72.1 Å². The van der Waals surface area contributed by atoms with Gasteiger partial charge in [0.05, 0.1) is 11.4 Å². The molecule has 4 heteroatoms. The fraction of sp³-hybridized carbons (Fsp3) is 0.222. The minimum atomic E-state index is 0. The first-order valence-corrected chi connectivity index (χ1v) is 7.56. The van der Waals surface area contributed by atoms with E-state index in [4.69, 9.17) is 11.6 Å². The standard InChI is InChI=1S/C10H8N2.C8H11Cl.Rh/c1-3-7-11-9(5-1)10-6-2-4-8-12-10;9-8-6-4-2-1-3-5-7-8;/h1-8H;1-2,7H,3-6H2;. The number of halogens is 1. The third kappa shape index (κ3) is 7.11. The van der Waals surface area contributed by atoms with E-state index in [0.29, 0.717) is 0 Å². The average Bonchev–Trinajstić information content (AvgIpc) is 2.53. The molecule has 0 N–H and O–H groups in total. The summed E-state index contributed by atoms with van der Waals surface area (Å²) in [6, 6.07) is 11.6. The first-order chi connectivity index (χ1) is 10.4. The van der Waals surface area contributed by atoms with Crippen molar-refractivity contribution in [3.8, 4) is 11.4 Å². The summed E-state index contributed by atoms with van der Waals surface area (Å²) in [6.45, 7) is 0. The molecule has 2 heterocycles. The molecule has 0 aliphatic heterocycles. The van der Waals surface area contributed by atoms with Crippen molar-refractivity contribution < 1.29 is 19.5 Å². The molecule has 1 aliphatic carbocycles. The van der Waals surface area contributed by atoms with Crippen LogP contribution in [0.4, 0.5) is 0 Å². The van der Waals surface area contributed by atoms with Crippen LogP contribution in [0.25, 0.3) is 11.4 Å². The zero-order valence-electron chi connectivity index (χ0n) is 12.3. The van der Waals surface area contributed by atoms with Gasteiger partial charge in [-0.05, 0) is 49.9 Å². The predicted molar refractivity (Wildman–Crippen MR) is 89.0 cm³/mol. The van der Waals surface area contributed by atoms with E-state index in [1.807, 2.05) is 36.4 Å². The number of pyridine rings is 2. The fourth-order valence-corrected chi connectivity index (χ4v) is 2.14. The maximum absolute atomic E-state index is 5.82. The smallest absolute Gasteiger partial charge is 0.0886 e. The average molecular weight is 402 g/mol. The number of hydrogen-bond acceptors (Lipinski definition) is 2. The van der Waals surface area contributed by atoms with E-state index >= 15 is 0 Å². The van der Waals surface area contributed by atoms with Crippen molar-refractivity contribution in [1.82, 2.24) is 9.97 Å². The molecule has 0 atom stereocenters. The van der Waals surface area contributed by atoms with Gasteiger partial charge in [-0.25, -0.2) is 0 Å². The number of rotatable bonds is 1. The van der Waals surface area contributed by atoms with Crippen molar-refractivity contribution >= 4 is 11.6 Å². The van der Waals surface area contributed by atoms with Gasteiger partial charge in [0, 0.05) is 36.9 Å². The summed E-state index contributed by atoms with van der Waals surface area (Å²) in [4.78, 5) is 8.37. The third-order valence-electron chi connectivity index (χ3n) is 3.01. The summed E-state index contributed by atoms with van der Waals surface area (Å²) >= 11 is 5.82. The maximum atomic E-state index is 5.82. The summed E-state index contributed by atoms with van der Waals surface area (Å²) in [7, 11) is 0. The Bertz CT molecular complexity index is 545. The van der Waals surface area contributed by atoms with Gasteiger partial charge in [0.2, 0.25) is 0 Å². The van der Waals surface area contributed by atoms with Gasteiger partial charge in [-0.2, -0.15) is 0 Å². The molecule has 0 amide bonds. The molecule has 22 heavy (non-hydrogen) atoms. The monoisotopic (exact) mass is 401 g/mol. The summed E-state index contributed by atoms with van der Waals surface area (Å²) in [5, 5.41) is 1.03. The van der Waals surface area contributed by atoms with Crippen LogP contribution in [0.3, 0.4) is 0 Å². The van der Waals surface area contributed by atoms with Crippen LogP contribution in [0.1, 0.15) is 25.7 Å². The zero-order valence-corrected chi connectivity index (χ0v) is 14.7. The topological polar surface area (TPSA) is 25.8 Å². The van der Waals surface area contributed by atoms with Crippen LogP contribution in [0, 0.1) is 0 Å². The second-order valence-corrected chi connectivity index (χ2v) is 5.15. The van der Waals surface area contributed by atoms with Crippen molar-refractivity contribution in [2.45, 2.75) is 25.7 Å². The fourth-order valence-electron chi connectivity index (χ4n) is 1.92. The van der Waals surface area contributed by atoms with E-state index in [1.54, 1.807) is 12.4 Å². The Balaban J connectivity index is 0.000000219. The van der Waals surface area contributed by atoms with Gasteiger partial charge in [0.1, 0.15) is 0 Å². The van der Waals surface area contributed by atoms with Gasteiger partial charge >= 0.3 is 0 Å². The zero-order chi connectivity index (χ0) is 14.8. The molecule has 2 nitrogen and oxygen atoms in total. The summed E-state index contributed by atoms with van der Waals surface area (Å²) in [5.74, 6) is 0. The minimum Gasteiger partial charge on any atom is -0.255 e. The molecular weight excluding hydrogens is 383 g/mol. The molecule has 0 aromatic carbocycles. The number of hydrogen-bond donors (Lipinski definition) is 0. The molecule has 0 spiro atoms. The second kappa shape index (κ2) is 11.3. The van der Waals surface area contributed by atoms with Crippen molar-refractivity contribution in [3.63, 3.8) is 0 Å². The molecule has 0 fully saturated rings. The summed E-state index contributed by atoms with van der Waals surface area (Å²) in [6.07, 6.45) is 14.5. The molecule has 0 saturated heterocycles. The maximum Gasteiger partial charge on any atom is 0.0886 e. The van der Waals surface area contributed by atoms with E-state index in [1.165, 1.54) is 0 Å². The predicted octanol–water partition coefficient (Wildman–Crippen LogP) is 5.38. The normalized spacial score (nSPS) is 13.6. The quantitative estimate of drug-likeness (QED) is 0.473. The molecule has 0 saturated carbocycles. The van der Waals surface area contributed by atoms with Gasteiger partial charge in [-0.15, -0.1) is 0 Å². The van der Waals surface area contributed by atoms with Crippen molar-refractivity contribution in [1.29, 1.82) is 0 Å². The largest absolute Gasteiger partial charge is 0.255 e. The van der Waals surface area contributed by atoms with Crippen LogP contribution in [-0.2, 0) is 19.5 Å². The molecule has 3 rings (SSSR count). The molecule has 117 valence electrons. The van der Waals surface area contributed by atoms with E-state index in [9.17, 15) is 0 Å². The van der Waals surface area contributed by atoms with Crippen LogP contribution in [0.5, 0.6) is 0 Å². The Labute approximate surface area is 150 Å². The van der Waals surface area contributed by atoms with E-state index in [0.717, 1.165) is 42.1 Å². The molecule has 0 bridgehead atoms. The molecular formula is C18H19ClN2Rh. The summed E-state index contributed by atoms with van der Waals surface area (Å²) < 4.78 is 0. The van der Waals surface area contributed by atoms with Gasteiger partial charge in [0.15, 0.2) is 0 Å². The Morgan fingerprint density at radius 1 is 0.773 bits per heavy atom. The Hall–Kier alpha value is -1.31. The Morgan fingerprint density at radius 3 is 1.91 bits per heavy atom. The van der Waals surface area contributed by atoms with E-state index < -0.39 is 0 Å². The van der Waals surface area contributed by atoms with Gasteiger partial charge in [0.25, 0.3) is 0 Å². The SMILES string of the molecule is ClC1=CCCC=CCC1.[Rh].c1ccc(-c2ccccn2)nc1. The van der Waals surface area contributed by atoms with Gasteiger partial charge in [-0.1, -0.05) is 42.0 Å². The van der Waals surface area contributed by atoms with E-state index in [-0.39, 0.29) is 19.5 Å². The Morgan fingerprint density at radius 2 is 1.36 bits per heavy atom. The molecule has 0 unspecified atom stereocenters. The van der Waals surface area contributed by atoms with Crippen molar-refractivity contribution in [2.75, 3.05) is 0 Å². The first kappa shape index (κ1) is 18.7. The minimum absolute atomic E-state index is 0. The van der Waals surface area contributed by atoms with Crippen LogP contribution in [0.2, 0.25) is 0 Å². The molecule has 1 aliphatic rings. The number of nitrogens with zero attached hydrogens (tertiary/aromatic N) is 2. The molecule has 2 aromatic heterocycles. The Kier molecular flexibility index (Phi) is 9.61. The van der Waals surface area contributed by atoms with Gasteiger partial charge < -0.3 is 0 Å². The molecule has 1 radical (unpaired) electrons. The van der Waals surface area contributed by atoms with Gasteiger partial charge in [-0.3, -0.25) is 9.97 Å². The van der Waals surface area contributed by atoms with Crippen LogP contribution < -0.4 is 0 Å². The summed E-state index contributed by atoms with van der Waals surface area (Å²) in [5.41, 5.74) is 1.83. The number of allylic oxidation sites excluding steroid dienone is 4. The van der Waals surface area contributed by atoms with Crippen LogP contribution in [-0.4, -0.2) is 9.97 Å². The third-order valence-corrected chi connectivity index (χ3v) is 3.35. The van der Waals surface area contributed by atoms with Crippen LogP contribution >= 0.6 is 11.6 Å². The first-order valence-electron chi connectivity index (χ1n) is 7.18. The molecule has 2 aromatic rings. The number of aromatic nitrogens is 2. The second-order valence-electron chi connectivity index (χ2n) is 4.67. The van der Waals surface area contributed by atoms with E-state index in [2.05, 4.69) is 28.2 Å².